The maximum Gasteiger partial charge on any atom is 0.416 e. The number of anilines is 1. The van der Waals surface area contributed by atoms with E-state index in [9.17, 15) is 18.0 Å². The average molecular weight is 493 g/mol. The van der Waals surface area contributed by atoms with Gasteiger partial charge in [0.2, 0.25) is 11.8 Å². The van der Waals surface area contributed by atoms with Crippen LogP contribution >= 0.6 is 0 Å². The summed E-state index contributed by atoms with van der Waals surface area (Å²) in [7, 11) is 0. The maximum absolute atomic E-state index is 13.5. The molecule has 0 saturated heterocycles. The van der Waals surface area contributed by atoms with Crippen LogP contribution in [0.15, 0.2) is 67.6 Å². The SMILES string of the molecule is Cc1cn(-c2cc(CC(=O)Nc3ccc(Oc4ncnc5nc[nH]c45)cc3)cc(C(F)(F)F)c2)cn1. The molecule has 0 aliphatic rings. The molecule has 0 bridgehead atoms. The number of H-pyrrole nitrogens is 1. The molecule has 0 atom stereocenters. The molecule has 5 rings (SSSR count). The van der Waals surface area contributed by atoms with Crippen LogP contribution in [0.2, 0.25) is 0 Å². The monoisotopic (exact) mass is 493 g/mol. The first-order valence-corrected chi connectivity index (χ1v) is 10.7. The van der Waals surface area contributed by atoms with Crippen molar-refractivity contribution in [3.8, 4) is 17.3 Å². The lowest BCUT2D eigenvalue weighted by atomic mass is 10.1. The Bertz CT molecular complexity index is 1540. The smallest absolute Gasteiger partial charge is 0.416 e. The minimum Gasteiger partial charge on any atom is -0.437 e. The third kappa shape index (κ3) is 5.02. The van der Waals surface area contributed by atoms with Crippen molar-refractivity contribution in [1.82, 2.24) is 29.5 Å². The van der Waals surface area contributed by atoms with Crippen LogP contribution in [0.3, 0.4) is 0 Å². The van der Waals surface area contributed by atoms with Crippen molar-refractivity contribution in [3.05, 3.63) is 84.5 Å². The third-order valence-electron chi connectivity index (χ3n) is 5.22. The van der Waals surface area contributed by atoms with E-state index in [-0.39, 0.29) is 17.7 Å². The molecule has 3 heterocycles. The number of alkyl halides is 3. The van der Waals surface area contributed by atoms with Crippen molar-refractivity contribution < 1.29 is 22.7 Å². The lowest BCUT2D eigenvalue weighted by molar-refractivity contribution is -0.137. The zero-order chi connectivity index (χ0) is 25.3. The molecule has 0 saturated carbocycles. The number of aromatic nitrogens is 6. The Hall–Kier alpha value is -4.74. The third-order valence-corrected chi connectivity index (χ3v) is 5.22. The van der Waals surface area contributed by atoms with Crippen LogP contribution in [0.25, 0.3) is 16.9 Å². The zero-order valence-electron chi connectivity index (χ0n) is 18.7. The number of nitrogens with one attached hydrogen (secondary N) is 2. The molecule has 0 unspecified atom stereocenters. The van der Waals surface area contributed by atoms with Crippen LogP contribution in [0, 0.1) is 6.92 Å². The van der Waals surface area contributed by atoms with Crippen LogP contribution < -0.4 is 10.1 Å². The molecule has 182 valence electrons. The van der Waals surface area contributed by atoms with Gasteiger partial charge in [-0.2, -0.15) is 18.2 Å². The molecule has 3 aromatic heterocycles. The van der Waals surface area contributed by atoms with Crippen LogP contribution in [0.1, 0.15) is 16.8 Å². The van der Waals surface area contributed by atoms with Crippen molar-refractivity contribution in [2.75, 3.05) is 5.32 Å². The van der Waals surface area contributed by atoms with E-state index in [0.29, 0.717) is 34.2 Å². The van der Waals surface area contributed by atoms with Gasteiger partial charge in [-0.1, -0.05) is 0 Å². The van der Waals surface area contributed by atoms with Crippen LogP contribution in [0.4, 0.5) is 18.9 Å². The second-order valence-corrected chi connectivity index (χ2v) is 7.94. The van der Waals surface area contributed by atoms with Gasteiger partial charge in [-0.3, -0.25) is 4.79 Å². The fourth-order valence-corrected chi connectivity index (χ4v) is 3.58. The number of ether oxygens (including phenoxy) is 1. The predicted molar refractivity (Wildman–Crippen MR) is 124 cm³/mol. The largest absolute Gasteiger partial charge is 0.437 e. The number of hydrogen-bond donors (Lipinski definition) is 2. The molecular formula is C24H18F3N7O2. The fourth-order valence-electron chi connectivity index (χ4n) is 3.58. The van der Waals surface area contributed by atoms with E-state index < -0.39 is 17.6 Å². The Labute approximate surface area is 202 Å². The number of fused-ring (bicyclic) bond motifs is 1. The molecule has 1 amide bonds. The zero-order valence-corrected chi connectivity index (χ0v) is 18.7. The van der Waals surface area contributed by atoms with Gasteiger partial charge in [0.05, 0.1) is 30.3 Å². The van der Waals surface area contributed by atoms with Crippen molar-refractivity contribution in [2.45, 2.75) is 19.5 Å². The maximum atomic E-state index is 13.5. The quantitative estimate of drug-likeness (QED) is 0.350. The molecule has 0 aliphatic carbocycles. The Morgan fingerprint density at radius 2 is 1.89 bits per heavy atom. The summed E-state index contributed by atoms with van der Waals surface area (Å²) in [4.78, 5) is 31.7. The van der Waals surface area contributed by atoms with E-state index in [1.165, 1.54) is 29.6 Å². The van der Waals surface area contributed by atoms with Crippen LogP contribution in [-0.2, 0) is 17.4 Å². The molecule has 12 heteroatoms. The number of aryl methyl sites for hydroxylation is 1. The van der Waals surface area contributed by atoms with Gasteiger partial charge in [0, 0.05) is 17.6 Å². The Balaban J connectivity index is 1.29. The summed E-state index contributed by atoms with van der Waals surface area (Å²) in [5.74, 6) is 0.286. The minimum absolute atomic E-state index is 0.218. The van der Waals surface area contributed by atoms with Gasteiger partial charge in [0.15, 0.2) is 5.65 Å². The number of halogens is 3. The molecule has 5 aromatic rings. The summed E-state index contributed by atoms with van der Waals surface area (Å²) in [5.41, 5.74) is 1.77. The first kappa shape index (κ1) is 23.0. The van der Waals surface area contributed by atoms with Gasteiger partial charge in [0.1, 0.15) is 17.6 Å². The summed E-state index contributed by atoms with van der Waals surface area (Å²) >= 11 is 0. The van der Waals surface area contributed by atoms with Gasteiger partial charge in [0.25, 0.3) is 0 Å². The summed E-state index contributed by atoms with van der Waals surface area (Å²) < 4.78 is 47.6. The summed E-state index contributed by atoms with van der Waals surface area (Å²) in [6, 6.07) is 10.0. The van der Waals surface area contributed by atoms with E-state index in [2.05, 4.69) is 30.2 Å². The summed E-state index contributed by atoms with van der Waals surface area (Å²) in [6.45, 7) is 1.74. The van der Waals surface area contributed by atoms with Gasteiger partial charge in [-0.25, -0.2) is 15.0 Å². The van der Waals surface area contributed by atoms with E-state index in [0.717, 1.165) is 12.1 Å². The molecule has 0 spiro atoms. The first-order chi connectivity index (χ1) is 17.2. The van der Waals surface area contributed by atoms with E-state index >= 15 is 0 Å². The number of rotatable bonds is 6. The van der Waals surface area contributed by atoms with Crippen LogP contribution in [0.5, 0.6) is 11.6 Å². The molecule has 36 heavy (non-hydrogen) atoms. The number of amides is 1. The number of imidazole rings is 2. The lowest BCUT2D eigenvalue weighted by Crippen LogP contribution is -2.15. The normalized spacial score (nSPS) is 11.6. The summed E-state index contributed by atoms with van der Waals surface area (Å²) in [5, 5.41) is 2.69. The van der Waals surface area contributed by atoms with Gasteiger partial charge >= 0.3 is 6.18 Å². The topological polar surface area (TPSA) is 111 Å². The van der Waals surface area contributed by atoms with Gasteiger partial charge < -0.3 is 19.6 Å². The van der Waals surface area contributed by atoms with E-state index in [1.807, 2.05) is 0 Å². The van der Waals surface area contributed by atoms with Crippen molar-refractivity contribution in [1.29, 1.82) is 0 Å². The highest BCUT2D eigenvalue weighted by Crippen LogP contribution is 2.32. The van der Waals surface area contributed by atoms with Gasteiger partial charge in [-0.05, 0) is 55.0 Å². The molecule has 2 aromatic carbocycles. The van der Waals surface area contributed by atoms with Crippen LogP contribution in [-0.4, -0.2) is 35.4 Å². The van der Waals surface area contributed by atoms with Crippen molar-refractivity contribution in [3.63, 3.8) is 0 Å². The Kier molecular flexibility index (Phi) is 5.84. The molecular weight excluding hydrogens is 475 g/mol. The lowest BCUT2D eigenvalue weighted by Gasteiger charge is -2.13. The number of benzene rings is 2. The average Bonchev–Trinajstić information content (AvgIpc) is 3.49. The van der Waals surface area contributed by atoms with Gasteiger partial charge in [-0.15, -0.1) is 0 Å². The standard InChI is InChI=1S/C24H18F3N7O2/c1-14-10-34(13-32-14)18-7-15(6-16(9-18)24(25,26)27)8-20(35)33-17-2-4-19(5-3-17)36-23-21-22(29-11-28-21)30-12-31-23/h2-7,9-13H,8H2,1H3,(H,33,35)(H,28,29,30,31). The van der Waals surface area contributed by atoms with E-state index in [4.69, 9.17) is 4.74 Å². The molecule has 0 fully saturated rings. The molecule has 0 radical (unpaired) electrons. The molecule has 2 N–H and O–H groups in total. The molecule has 9 nitrogen and oxygen atoms in total. The number of aromatic amines is 1. The number of hydrogen-bond acceptors (Lipinski definition) is 6. The number of carbonyl (C=O) groups excluding carboxylic acids is 1. The second kappa shape index (κ2) is 9.13. The summed E-state index contributed by atoms with van der Waals surface area (Å²) in [6.07, 6.45) is 1.05. The Morgan fingerprint density at radius 3 is 2.61 bits per heavy atom. The highest BCUT2D eigenvalue weighted by atomic mass is 19.4. The minimum atomic E-state index is -4.56. The first-order valence-electron chi connectivity index (χ1n) is 10.7. The highest BCUT2D eigenvalue weighted by Gasteiger charge is 2.31. The fraction of sp³-hybridized carbons (Fsp3) is 0.125. The van der Waals surface area contributed by atoms with Crippen molar-refractivity contribution >= 4 is 22.8 Å². The van der Waals surface area contributed by atoms with Crippen molar-refractivity contribution in [2.24, 2.45) is 0 Å². The predicted octanol–water partition coefficient (Wildman–Crippen LogP) is 4.84. The highest BCUT2D eigenvalue weighted by molar-refractivity contribution is 5.92. The second-order valence-electron chi connectivity index (χ2n) is 7.94. The number of nitrogens with zero attached hydrogens (tertiary/aromatic N) is 5. The molecule has 0 aliphatic heterocycles. The Morgan fingerprint density at radius 1 is 1.08 bits per heavy atom. The number of carbonyl (C=O) groups is 1. The van der Waals surface area contributed by atoms with E-state index in [1.54, 1.807) is 37.4 Å².